The molecule has 7 heteroatoms. The second kappa shape index (κ2) is 6.95. The van der Waals surface area contributed by atoms with Crippen LogP contribution in [0, 0.1) is 0 Å². The molecule has 0 saturated heterocycles. The van der Waals surface area contributed by atoms with Crippen LogP contribution in [0.15, 0.2) is 24.3 Å². The third-order valence-electron chi connectivity index (χ3n) is 3.98. The Morgan fingerprint density at radius 1 is 1.39 bits per heavy atom. The first-order chi connectivity index (χ1) is 10.9. The summed E-state index contributed by atoms with van der Waals surface area (Å²) in [6, 6.07) is 6.10. The van der Waals surface area contributed by atoms with Crippen LogP contribution in [0.4, 0.5) is 8.78 Å². The van der Waals surface area contributed by atoms with Crippen molar-refractivity contribution in [2.24, 2.45) is 0 Å². The first kappa shape index (κ1) is 17.2. The highest BCUT2D eigenvalue weighted by atomic mass is 19.3. The smallest absolute Gasteiger partial charge is 0.387 e. The van der Waals surface area contributed by atoms with E-state index in [4.69, 9.17) is 0 Å². The monoisotopic (exact) mass is 326 g/mol. The molecule has 1 heterocycles. The molecular formula is C16H20F2N2O3. The summed E-state index contributed by atoms with van der Waals surface area (Å²) in [4.78, 5) is 15.0. The summed E-state index contributed by atoms with van der Waals surface area (Å²) in [5.41, 5.74) is -0.208. The molecule has 0 atom stereocenters. The van der Waals surface area contributed by atoms with E-state index in [0.29, 0.717) is 23.7 Å². The van der Waals surface area contributed by atoms with Crippen molar-refractivity contribution >= 4 is 16.8 Å². The number of ether oxygens (including phenoxy) is 1. The summed E-state index contributed by atoms with van der Waals surface area (Å²) < 4.78 is 29.3. The van der Waals surface area contributed by atoms with E-state index < -0.39 is 18.1 Å². The van der Waals surface area contributed by atoms with Crippen molar-refractivity contribution in [3.05, 3.63) is 30.0 Å². The van der Waals surface area contributed by atoms with Gasteiger partial charge < -0.3 is 20.1 Å². The molecule has 0 unspecified atom stereocenters. The number of carbonyl (C=O) groups is 1. The number of amides is 1. The lowest BCUT2D eigenvalue weighted by Crippen LogP contribution is -2.42. The van der Waals surface area contributed by atoms with Crippen LogP contribution in [0.2, 0.25) is 0 Å². The van der Waals surface area contributed by atoms with Crippen LogP contribution >= 0.6 is 0 Å². The predicted molar refractivity (Wildman–Crippen MR) is 82.8 cm³/mol. The molecule has 0 aliphatic rings. The van der Waals surface area contributed by atoms with Gasteiger partial charge in [0.2, 0.25) is 0 Å². The van der Waals surface area contributed by atoms with Gasteiger partial charge in [-0.15, -0.1) is 0 Å². The highest BCUT2D eigenvalue weighted by Crippen LogP contribution is 2.27. The number of carbonyl (C=O) groups excluding carboxylic acids is 1. The molecule has 0 aliphatic carbocycles. The minimum atomic E-state index is -2.93. The number of nitrogens with one attached hydrogen (secondary N) is 2. The SMILES string of the molecule is CCC(O)(CC)CNC(=O)c1cc2c(OC(F)F)cccc2[nH]1. The summed E-state index contributed by atoms with van der Waals surface area (Å²) in [6.07, 6.45) is 1.03. The normalized spacial score (nSPS) is 11.9. The van der Waals surface area contributed by atoms with Crippen molar-refractivity contribution in [3.8, 4) is 5.75 Å². The van der Waals surface area contributed by atoms with E-state index in [-0.39, 0.29) is 18.0 Å². The molecule has 0 aliphatic heterocycles. The van der Waals surface area contributed by atoms with Crippen LogP contribution in [-0.2, 0) is 0 Å². The maximum Gasteiger partial charge on any atom is 0.387 e. The largest absolute Gasteiger partial charge is 0.434 e. The van der Waals surface area contributed by atoms with Crippen molar-refractivity contribution in [1.29, 1.82) is 0 Å². The molecule has 5 nitrogen and oxygen atoms in total. The second-order valence-corrected chi connectivity index (χ2v) is 5.39. The van der Waals surface area contributed by atoms with E-state index in [2.05, 4.69) is 15.0 Å². The maximum atomic E-state index is 12.4. The number of benzene rings is 1. The number of halogens is 2. The molecule has 1 amide bonds. The fourth-order valence-corrected chi connectivity index (χ4v) is 2.29. The zero-order chi connectivity index (χ0) is 17.0. The van der Waals surface area contributed by atoms with Gasteiger partial charge in [-0.25, -0.2) is 0 Å². The number of rotatable bonds is 7. The molecule has 0 radical (unpaired) electrons. The van der Waals surface area contributed by atoms with Crippen LogP contribution in [0.3, 0.4) is 0 Å². The first-order valence-electron chi connectivity index (χ1n) is 7.45. The standard InChI is InChI=1S/C16H20F2N2O3/c1-3-16(22,4-2)9-19-14(21)12-8-10-11(20-12)6-5-7-13(10)23-15(17)18/h5-8,15,20,22H,3-4,9H2,1-2H3,(H,19,21). The Morgan fingerprint density at radius 2 is 2.09 bits per heavy atom. The Bertz CT molecular complexity index is 681. The number of alkyl halides is 2. The number of hydrogen-bond donors (Lipinski definition) is 3. The summed E-state index contributed by atoms with van der Waals surface area (Å²) in [7, 11) is 0. The van der Waals surface area contributed by atoms with Crippen molar-refractivity contribution in [3.63, 3.8) is 0 Å². The fourth-order valence-electron chi connectivity index (χ4n) is 2.29. The van der Waals surface area contributed by atoms with E-state index in [1.807, 2.05) is 13.8 Å². The lowest BCUT2D eigenvalue weighted by Gasteiger charge is -2.25. The third-order valence-corrected chi connectivity index (χ3v) is 3.98. The minimum Gasteiger partial charge on any atom is -0.434 e. The van der Waals surface area contributed by atoms with Crippen molar-refractivity contribution in [1.82, 2.24) is 10.3 Å². The Balaban J connectivity index is 2.18. The highest BCUT2D eigenvalue weighted by molar-refractivity contribution is 5.99. The van der Waals surface area contributed by atoms with Crippen LogP contribution in [-0.4, -0.2) is 34.8 Å². The lowest BCUT2D eigenvalue weighted by molar-refractivity contribution is -0.0487. The van der Waals surface area contributed by atoms with Crippen LogP contribution in [0.5, 0.6) is 5.75 Å². The van der Waals surface area contributed by atoms with Gasteiger partial charge in [-0.2, -0.15) is 8.78 Å². The molecule has 1 aromatic heterocycles. The van der Waals surface area contributed by atoms with Gasteiger partial charge in [-0.1, -0.05) is 19.9 Å². The van der Waals surface area contributed by atoms with Gasteiger partial charge in [0.05, 0.1) is 5.60 Å². The van der Waals surface area contributed by atoms with Crippen LogP contribution in [0.1, 0.15) is 37.2 Å². The molecule has 3 N–H and O–H groups in total. The zero-order valence-corrected chi connectivity index (χ0v) is 13.0. The number of aliphatic hydroxyl groups is 1. The van der Waals surface area contributed by atoms with E-state index in [0.717, 1.165) is 0 Å². The Morgan fingerprint density at radius 3 is 2.70 bits per heavy atom. The number of aromatic amines is 1. The summed E-state index contributed by atoms with van der Waals surface area (Å²) in [5, 5.41) is 13.2. The number of H-pyrrole nitrogens is 1. The lowest BCUT2D eigenvalue weighted by atomic mass is 9.97. The molecule has 2 rings (SSSR count). The van der Waals surface area contributed by atoms with Crippen molar-refractivity contribution in [2.45, 2.75) is 38.9 Å². The number of fused-ring (bicyclic) bond motifs is 1. The van der Waals surface area contributed by atoms with Gasteiger partial charge in [0.15, 0.2) is 0 Å². The molecule has 0 spiro atoms. The molecule has 0 saturated carbocycles. The first-order valence-corrected chi connectivity index (χ1v) is 7.45. The molecule has 126 valence electrons. The maximum absolute atomic E-state index is 12.4. The average Bonchev–Trinajstić information content (AvgIpc) is 2.97. The van der Waals surface area contributed by atoms with Gasteiger partial charge in [-0.05, 0) is 31.0 Å². The minimum absolute atomic E-state index is 0.00595. The third kappa shape index (κ3) is 3.98. The van der Waals surface area contributed by atoms with Gasteiger partial charge in [-0.3, -0.25) is 4.79 Å². The average molecular weight is 326 g/mol. The summed E-state index contributed by atoms with van der Waals surface area (Å²) >= 11 is 0. The Kier molecular flexibility index (Phi) is 5.20. The molecule has 0 bridgehead atoms. The van der Waals surface area contributed by atoms with Crippen molar-refractivity contribution < 1.29 is 23.4 Å². The topological polar surface area (TPSA) is 74.3 Å². The summed E-state index contributed by atoms with van der Waals surface area (Å²) in [5.74, 6) is -0.407. The number of aromatic nitrogens is 1. The predicted octanol–water partition coefficient (Wildman–Crippen LogP) is 3.05. The van der Waals surface area contributed by atoms with Gasteiger partial charge in [0.1, 0.15) is 11.4 Å². The van der Waals surface area contributed by atoms with Crippen LogP contribution < -0.4 is 10.1 Å². The second-order valence-electron chi connectivity index (χ2n) is 5.39. The van der Waals surface area contributed by atoms with Crippen molar-refractivity contribution in [2.75, 3.05) is 6.54 Å². The van der Waals surface area contributed by atoms with Gasteiger partial charge in [0, 0.05) is 17.4 Å². The van der Waals surface area contributed by atoms with E-state index in [1.54, 1.807) is 12.1 Å². The summed E-state index contributed by atoms with van der Waals surface area (Å²) in [6.45, 7) is 0.866. The van der Waals surface area contributed by atoms with Crippen LogP contribution in [0.25, 0.3) is 10.9 Å². The molecule has 1 aromatic carbocycles. The Hall–Kier alpha value is -2.15. The van der Waals surface area contributed by atoms with E-state index >= 15 is 0 Å². The quantitative estimate of drug-likeness (QED) is 0.732. The Labute approximate surface area is 132 Å². The zero-order valence-electron chi connectivity index (χ0n) is 13.0. The molecule has 2 aromatic rings. The molecule has 0 fully saturated rings. The molecule has 23 heavy (non-hydrogen) atoms. The van der Waals surface area contributed by atoms with Gasteiger partial charge >= 0.3 is 6.61 Å². The highest BCUT2D eigenvalue weighted by Gasteiger charge is 2.23. The van der Waals surface area contributed by atoms with E-state index in [9.17, 15) is 18.7 Å². The number of hydrogen-bond acceptors (Lipinski definition) is 3. The fraction of sp³-hybridized carbons (Fsp3) is 0.438. The van der Waals surface area contributed by atoms with Gasteiger partial charge in [0.25, 0.3) is 5.91 Å². The molecular weight excluding hydrogens is 306 g/mol. The van der Waals surface area contributed by atoms with E-state index in [1.165, 1.54) is 12.1 Å².